The van der Waals surface area contributed by atoms with Gasteiger partial charge < -0.3 is 9.73 Å². The van der Waals surface area contributed by atoms with Gasteiger partial charge in [-0.05, 0) is 17.9 Å². The van der Waals surface area contributed by atoms with Crippen molar-refractivity contribution < 1.29 is 4.42 Å². The van der Waals surface area contributed by atoms with Crippen LogP contribution < -0.4 is 5.32 Å². The van der Waals surface area contributed by atoms with E-state index in [4.69, 9.17) is 4.42 Å². The fourth-order valence-electron chi connectivity index (χ4n) is 2.42. The van der Waals surface area contributed by atoms with Crippen LogP contribution in [0.2, 0.25) is 0 Å². The minimum atomic E-state index is 0.500. The standard InChI is InChI=1S/C17H32N2O/c1-13(2)10-19(11-14(3)4)12-17-16(7-8-20-17)9-18-15(5)6/h7-8,13-15,18H,9-12H2,1-6H3. The molecule has 0 amide bonds. The topological polar surface area (TPSA) is 28.4 Å². The highest BCUT2D eigenvalue weighted by atomic mass is 16.3. The number of nitrogens with one attached hydrogen (secondary N) is 1. The van der Waals surface area contributed by atoms with Gasteiger partial charge in [-0.3, -0.25) is 4.90 Å². The van der Waals surface area contributed by atoms with Crippen molar-refractivity contribution in [1.82, 2.24) is 10.2 Å². The van der Waals surface area contributed by atoms with Gasteiger partial charge in [-0.15, -0.1) is 0 Å². The maximum absolute atomic E-state index is 5.71. The minimum Gasteiger partial charge on any atom is -0.468 e. The van der Waals surface area contributed by atoms with Crippen LogP contribution in [0.1, 0.15) is 52.9 Å². The zero-order valence-corrected chi connectivity index (χ0v) is 14.1. The third-order valence-corrected chi connectivity index (χ3v) is 3.15. The van der Waals surface area contributed by atoms with Crippen molar-refractivity contribution in [3.05, 3.63) is 23.7 Å². The van der Waals surface area contributed by atoms with Crippen molar-refractivity contribution in [3.63, 3.8) is 0 Å². The van der Waals surface area contributed by atoms with E-state index in [0.717, 1.165) is 31.9 Å². The van der Waals surface area contributed by atoms with Crippen molar-refractivity contribution in [1.29, 1.82) is 0 Å². The van der Waals surface area contributed by atoms with Crippen molar-refractivity contribution in [2.75, 3.05) is 13.1 Å². The van der Waals surface area contributed by atoms with Crippen LogP contribution in [-0.2, 0) is 13.1 Å². The van der Waals surface area contributed by atoms with Gasteiger partial charge in [0.1, 0.15) is 5.76 Å². The van der Waals surface area contributed by atoms with Gasteiger partial charge in [0, 0.05) is 31.2 Å². The summed E-state index contributed by atoms with van der Waals surface area (Å²) in [5.74, 6) is 2.47. The van der Waals surface area contributed by atoms with Gasteiger partial charge in [-0.1, -0.05) is 41.5 Å². The molecular weight excluding hydrogens is 248 g/mol. The lowest BCUT2D eigenvalue weighted by Gasteiger charge is -2.25. The molecular formula is C17H32N2O. The number of rotatable bonds is 9. The molecule has 0 aliphatic carbocycles. The molecule has 20 heavy (non-hydrogen) atoms. The number of nitrogens with zero attached hydrogens (tertiary/aromatic N) is 1. The second kappa shape index (κ2) is 8.48. The molecule has 1 aromatic heterocycles. The molecule has 0 aliphatic heterocycles. The Hall–Kier alpha value is -0.800. The van der Waals surface area contributed by atoms with Crippen molar-refractivity contribution >= 4 is 0 Å². The molecule has 0 fully saturated rings. The summed E-state index contributed by atoms with van der Waals surface area (Å²) < 4.78 is 5.71. The van der Waals surface area contributed by atoms with E-state index in [2.05, 4.69) is 57.8 Å². The van der Waals surface area contributed by atoms with Gasteiger partial charge in [0.15, 0.2) is 0 Å². The molecule has 3 heteroatoms. The first-order valence-electron chi connectivity index (χ1n) is 7.89. The summed E-state index contributed by atoms with van der Waals surface area (Å²) in [7, 11) is 0. The van der Waals surface area contributed by atoms with Gasteiger partial charge in [0.25, 0.3) is 0 Å². The first-order chi connectivity index (χ1) is 9.38. The van der Waals surface area contributed by atoms with Gasteiger partial charge in [-0.2, -0.15) is 0 Å². The fraction of sp³-hybridized carbons (Fsp3) is 0.765. The molecule has 0 unspecified atom stereocenters. The summed E-state index contributed by atoms with van der Waals surface area (Å²) in [6.07, 6.45) is 1.82. The molecule has 0 aliphatic rings. The van der Waals surface area contributed by atoms with Crippen LogP contribution in [0.15, 0.2) is 16.7 Å². The second-order valence-electron chi connectivity index (χ2n) is 6.89. The minimum absolute atomic E-state index is 0.500. The largest absolute Gasteiger partial charge is 0.468 e. The lowest BCUT2D eigenvalue weighted by Crippen LogP contribution is -2.31. The van der Waals surface area contributed by atoms with Crippen LogP contribution in [0.25, 0.3) is 0 Å². The van der Waals surface area contributed by atoms with E-state index in [1.165, 1.54) is 5.56 Å². The Morgan fingerprint density at radius 1 is 1.05 bits per heavy atom. The predicted octanol–water partition coefficient (Wildman–Crippen LogP) is 3.89. The molecule has 0 spiro atoms. The van der Waals surface area contributed by atoms with Crippen molar-refractivity contribution in [2.24, 2.45) is 11.8 Å². The molecule has 0 saturated heterocycles. The van der Waals surface area contributed by atoms with Crippen molar-refractivity contribution in [2.45, 2.75) is 60.7 Å². The summed E-state index contributed by atoms with van der Waals surface area (Å²) in [6, 6.07) is 2.59. The molecule has 1 rings (SSSR count). The fourth-order valence-corrected chi connectivity index (χ4v) is 2.42. The molecule has 3 nitrogen and oxygen atoms in total. The van der Waals surface area contributed by atoms with Crippen LogP contribution in [0.3, 0.4) is 0 Å². The lowest BCUT2D eigenvalue weighted by atomic mass is 10.1. The Labute approximate surface area is 124 Å². The smallest absolute Gasteiger partial charge is 0.122 e. The third-order valence-electron chi connectivity index (χ3n) is 3.15. The molecule has 0 aromatic carbocycles. The highest BCUT2D eigenvalue weighted by molar-refractivity contribution is 5.17. The highest BCUT2D eigenvalue weighted by Gasteiger charge is 2.14. The van der Waals surface area contributed by atoms with Crippen LogP contribution in [0.5, 0.6) is 0 Å². The monoisotopic (exact) mass is 280 g/mol. The Bertz CT molecular complexity index is 359. The van der Waals surface area contributed by atoms with Crippen LogP contribution >= 0.6 is 0 Å². The van der Waals surface area contributed by atoms with Crippen LogP contribution in [0.4, 0.5) is 0 Å². The first kappa shape index (κ1) is 17.3. The zero-order chi connectivity index (χ0) is 15.1. The van der Waals surface area contributed by atoms with E-state index in [1.807, 2.05) is 6.26 Å². The average Bonchev–Trinajstić information content (AvgIpc) is 2.71. The molecule has 0 atom stereocenters. The summed E-state index contributed by atoms with van der Waals surface area (Å²) in [5, 5.41) is 3.46. The second-order valence-corrected chi connectivity index (χ2v) is 6.89. The summed E-state index contributed by atoms with van der Waals surface area (Å²) in [6.45, 7) is 17.5. The van der Waals surface area contributed by atoms with E-state index in [-0.39, 0.29) is 0 Å². The maximum atomic E-state index is 5.71. The lowest BCUT2D eigenvalue weighted by molar-refractivity contribution is 0.196. The summed E-state index contributed by atoms with van der Waals surface area (Å²) in [4.78, 5) is 2.51. The zero-order valence-electron chi connectivity index (χ0n) is 14.1. The van der Waals surface area contributed by atoms with Gasteiger partial charge in [0.05, 0.1) is 12.8 Å². The van der Waals surface area contributed by atoms with Crippen LogP contribution in [-0.4, -0.2) is 24.0 Å². The van der Waals surface area contributed by atoms with E-state index in [9.17, 15) is 0 Å². The summed E-state index contributed by atoms with van der Waals surface area (Å²) in [5.41, 5.74) is 1.29. The van der Waals surface area contributed by atoms with E-state index < -0.39 is 0 Å². The number of furan rings is 1. The first-order valence-corrected chi connectivity index (χ1v) is 7.89. The Morgan fingerprint density at radius 3 is 2.15 bits per heavy atom. The molecule has 1 aromatic rings. The average molecular weight is 280 g/mol. The predicted molar refractivity (Wildman–Crippen MR) is 85.6 cm³/mol. The molecule has 0 saturated carbocycles. The van der Waals surface area contributed by atoms with E-state index in [1.54, 1.807) is 0 Å². The van der Waals surface area contributed by atoms with E-state index in [0.29, 0.717) is 17.9 Å². The number of hydrogen-bond donors (Lipinski definition) is 1. The highest BCUT2D eigenvalue weighted by Crippen LogP contribution is 2.16. The van der Waals surface area contributed by atoms with Gasteiger partial charge in [0.2, 0.25) is 0 Å². The molecule has 116 valence electrons. The third kappa shape index (κ3) is 6.58. The maximum Gasteiger partial charge on any atom is 0.122 e. The molecule has 1 N–H and O–H groups in total. The molecule has 1 heterocycles. The number of hydrogen-bond acceptors (Lipinski definition) is 3. The van der Waals surface area contributed by atoms with Gasteiger partial charge >= 0.3 is 0 Å². The SMILES string of the molecule is CC(C)CN(Cc1occc1CNC(C)C)CC(C)C. The van der Waals surface area contributed by atoms with Crippen molar-refractivity contribution in [3.8, 4) is 0 Å². The Balaban J connectivity index is 2.65. The quantitative estimate of drug-likeness (QED) is 0.744. The van der Waals surface area contributed by atoms with Crippen LogP contribution in [0, 0.1) is 11.8 Å². The normalized spacial score (nSPS) is 12.3. The van der Waals surface area contributed by atoms with E-state index >= 15 is 0 Å². The molecule has 0 bridgehead atoms. The molecule has 0 radical (unpaired) electrons. The summed E-state index contributed by atoms with van der Waals surface area (Å²) >= 11 is 0. The Kier molecular flexibility index (Phi) is 7.31. The van der Waals surface area contributed by atoms with Gasteiger partial charge in [-0.25, -0.2) is 0 Å². The Morgan fingerprint density at radius 2 is 1.65 bits per heavy atom.